The summed E-state index contributed by atoms with van der Waals surface area (Å²) in [6.45, 7) is 9.97. The fourth-order valence-corrected chi connectivity index (χ4v) is 4.63. The fraction of sp³-hybridized carbons (Fsp3) is 0.516. The maximum Gasteiger partial charge on any atom is 0.509 e. The number of fused-ring (bicyclic) bond motifs is 1. The van der Waals surface area contributed by atoms with E-state index in [-0.39, 0.29) is 19.6 Å². The lowest BCUT2D eigenvalue weighted by molar-refractivity contribution is -0.161. The summed E-state index contributed by atoms with van der Waals surface area (Å²) in [5, 5.41) is 7.57. The molecule has 238 valence electrons. The van der Waals surface area contributed by atoms with Crippen LogP contribution in [-0.2, 0) is 41.5 Å². The van der Waals surface area contributed by atoms with Crippen molar-refractivity contribution in [1.29, 1.82) is 0 Å². The molecule has 1 fully saturated rings. The Morgan fingerprint density at radius 2 is 1.55 bits per heavy atom. The van der Waals surface area contributed by atoms with Gasteiger partial charge < -0.3 is 28.4 Å². The number of hydrogen-bond acceptors (Lipinski definition) is 12. The third-order valence-electron chi connectivity index (χ3n) is 6.47. The van der Waals surface area contributed by atoms with E-state index in [0.717, 1.165) is 11.1 Å². The minimum Gasteiger partial charge on any atom is -0.497 e. The van der Waals surface area contributed by atoms with Crippen molar-refractivity contribution in [2.45, 2.75) is 84.0 Å². The van der Waals surface area contributed by atoms with Gasteiger partial charge in [0.05, 0.1) is 26.3 Å². The highest BCUT2D eigenvalue weighted by Gasteiger charge is 2.50. The molecular weight excluding hydrogens is 574 g/mol. The molecule has 0 saturated carbocycles. The predicted molar refractivity (Wildman–Crippen MR) is 156 cm³/mol. The zero-order valence-electron chi connectivity index (χ0n) is 26.0. The molecule has 13 heteroatoms. The van der Waals surface area contributed by atoms with Gasteiger partial charge in [0.15, 0.2) is 12.2 Å². The molecule has 44 heavy (non-hydrogen) atoms. The molecule has 1 saturated heterocycles. The molecule has 3 atom stereocenters. The van der Waals surface area contributed by atoms with Crippen molar-refractivity contribution in [3.05, 3.63) is 53.6 Å². The standard InChI is InChI=1S/C31H39N3O10/c1-30(2,3)42-28(36)34-16-25(40-29(37)43-31(4,5)6)27(24(34)15-19-8-11-21(38-7)12-9-19)41-26(35)18-39-17-20-10-13-22-23(14-20)33-44-32-22/h8-14,24-25,27H,15-18H2,1-7H3/t24-,25+,27?/m1/s1. The maximum atomic E-state index is 13.4. The van der Waals surface area contributed by atoms with E-state index in [1.54, 1.807) is 79.0 Å². The molecule has 4 rings (SSSR count). The highest BCUT2D eigenvalue weighted by molar-refractivity contribution is 5.74. The van der Waals surface area contributed by atoms with E-state index >= 15 is 0 Å². The van der Waals surface area contributed by atoms with E-state index in [1.807, 2.05) is 12.1 Å². The van der Waals surface area contributed by atoms with Crippen LogP contribution in [-0.4, -0.2) is 83.1 Å². The fourth-order valence-electron chi connectivity index (χ4n) is 4.63. The van der Waals surface area contributed by atoms with Crippen molar-refractivity contribution >= 4 is 29.3 Å². The van der Waals surface area contributed by atoms with Crippen LogP contribution >= 0.6 is 0 Å². The summed E-state index contributed by atoms with van der Waals surface area (Å²) in [7, 11) is 1.57. The van der Waals surface area contributed by atoms with Crippen LogP contribution in [0.3, 0.4) is 0 Å². The Hall–Kier alpha value is -4.39. The first-order chi connectivity index (χ1) is 20.7. The minimum atomic E-state index is -1.05. The summed E-state index contributed by atoms with van der Waals surface area (Å²) in [4.78, 5) is 40.6. The third-order valence-corrected chi connectivity index (χ3v) is 6.47. The summed E-state index contributed by atoms with van der Waals surface area (Å²) in [6, 6.07) is 11.8. The van der Waals surface area contributed by atoms with Crippen molar-refractivity contribution in [3.8, 4) is 5.75 Å². The molecule has 3 aromatic rings. The Balaban J connectivity index is 1.54. The number of ether oxygens (including phenoxy) is 6. The van der Waals surface area contributed by atoms with Crippen molar-refractivity contribution < 1.29 is 47.4 Å². The second-order valence-electron chi connectivity index (χ2n) is 12.4. The predicted octanol–water partition coefficient (Wildman–Crippen LogP) is 4.84. The molecule has 0 N–H and O–H groups in total. The lowest BCUT2D eigenvalue weighted by Crippen LogP contribution is -2.45. The first kappa shape index (κ1) is 32.5. The molecular formula is C31H39N3O10. The van der Waals surface area contributed by atoms with Crippen molar-refractivity contribution in [2.24, 2.45) is 0 Å². The number of likely N-dealkylation sites (tertiary alicyclic amines) is 1. The Morgan fingerprint density at radius 3 is 2.20 bits per heavy atom. The van der Waals surface area contributed by atoms with Gasteiger partial charge >= 0.3 is 18.2 Å². The lowest BCUT2D eigenvalue weighted by atomic mass is 10.0. The van der Waals surface area contributed by atoms with Gasteiger partial charge in [0.2, 0.25) is 0 Å². The van der Waals surface area contributed by atoms with Crippen LogP contribution in [0.1, 0.15) is 52.7 Å². The molecule has 1 amide bonds. The van der Waals surface area contributed by atoms with Gasteiger partial charge in [-0.05, 0) is 93.7 Å². The number of nitrogens with zero attached hydrogens (tertiary/aromatic N) is 3. The average molecular weight is 614 g/mol. The lowest BCUT2D eigenvalue weighted by Gasteiger charge is -2.30. The molecule has 0 aliphatic carbocycles. The molecule has 0 radical (unpaired) electrons. The highest BCUT2D eigenvalue weighted by Crippen LogP contribution is 2.30. The zero-order chi connectivity index (χ0) is 32.1. The van der Waals surface area contributed by atoms with Crippen molar-refractivity contribution in [3.63, 3.8) is 0 Å². The van der Waals surface area contributed by atoms with Gasteiger partial charge in [-0.2, -0.15) is 0 Å². The summed E-state index contributed by atoms with van der Waals surface area (Å²) in [6.07, 6.45) is -3.41. The van der Waals surface area contributed by atoms with Crippen LogP contribution in [0.4, 0.5) is 9.59 Å². The number of rotatable bonds is 9. The Morgan fingerprint density at radius 1 is 0.886 bits per heavy atom. The molecule has 13 nitrogen and oxygen atoms in total. The van der Waals surface area contributed by atoms with Gasteiger partial charge in [0.25, 0.3) is 0 Å². The van der Waals surface area contributed by atoms with Gasteiger partial charge in [0.1, 0.15) is 34.6 Å². The van der Waals surface area contributed by atoms with E-state index in [0.29, 0.717) is 16.8 Å². The monoisotopic (exact) mass is 613 g/mol. The van der Waals surface area contributed by atoms with Gasteiger partial charge in [0, 0.05) is 0 Å². The van der Waals surface area contributed by atoms with E-state index in [9.17, 15) is 14.4 Å². The van der Waals surface area contributed by atoms with E-state index in [1.165, 1.54) is 4.90 Å². The molecule has 1 unspecified atom stereocenters. The zero-order valence-corrected chi connectivity index (χ0v) is 26.0. The second kappa shape index (κ2) is 13.5. The maximum absolute atomic E-state index is 13.4. The number of aromatic nitrogens is 2. The van der Waals surface area contributed by atoms with Crippen molar-refractivity contribution in [1.82, 2.24) is 15.2 Å². The smallest absolute Gasteiger partial charge is 0.497 e. The number of carbonyl (C=O) groups excluding carboxylic acids is 3. The van der Waals surface area contributed by atoms with E-state index < -0.39 is 54.3 Å². The Kier molecular flexibility index (Phi) is 9.98. The second-order valence-corrected chi connectivity index (χ2v) is 12.4. The molecule has 1 aliphatic rings. The first-order valence-electron chi connectivity index (χ1n) is 14.2. The van der Waals surface area contributed by atoms with E-state index in [2.05, 4.69) is 10.3 Å². The quantitative estimate of drug-likeness (QED) is 0.240. The number of hydrogen-bond donors (Lipinski definition) is 0. The Bertz CT molecular complexity index is 1440. The van der Waals surface area contributed by atoms with Crippen LogP contribution in [0, 0.1) is 0 Å². The van der Waals surface area contributed by atoms with Crippen LogP contribution in [0.15, 0.2) is 47.1 Å². The summed E-state index contributed by atoms with van der Waals surface area (Å²) in [5.74, 6) is -0.0443. The third kappa shape index (κ3) is 9.06. The topological polar surface area (TPSA) is 149 Å². The first-order valence-corrected chi connectivity index (χ1v) is 14.2. The largest absolute Gasteiger partial charge is 0.509 e. The van der Waals surface area contributed by atoms with Gasteiger partial charge in [-0.15, -0.1) is 0 Å². The molecule has 2 heterocycles. The van der Waals surface area contributed by atoms with Gasteiger partial charge in [-0.25, -0.2) is 19.0 Å². The van der Waals surface area contributed by atoms with E-state index in [4.69, 9.17) is 33.1 Å². The summed E-state index contributed by atoms with van der Waals surface area (Å²) in [5.41, 5.74) is 1.12. The van der Waals surface area contributed by atoms with Crippen LogP contribution in [0.2, 0.25) is 0 Å². The minimum absolute atomic E-state index is 0.0838. The number of esters is 1. The normalized spacial score (nSPS) is 18.6. The molecule has 0 spiro atoms. The van der Waals surface area contributed by atoms with Crippen molar-refractivity contribution in [2.75, 3.05) is 20.3 Å². The Labute approximate surface area is 255 Å². The summed E-state index contributed by atoms with van der Waals surface area (Å²) >= 11 is 0. The summed E-state index contributed by atoms with van der Waals surface area (Å²) < 4.78 is 38.1. The number of methoxy groups -OCH3 is 1. The molecule has 1 aliphatic heterocycles. The average Bonchev–Trinajstić information content (AvgIpc) is 3.52. The van der Waals surface area contributed by atoms with Gasteiger partial charge in [-0.1, -0.05) is 18.2 Å². The van der Waals surface area contributed by atoms with Crippen LogP contribution in [0.25, 0.3) is 11.0 Å². The SMILES string of the molecule is COc1ccc(C[C@@H]2C(OC(=O)COCc3ccc4nonc4c3)[C@@H](OC(=O)OC(C)(C)C)CN2C(=O)OC(C)(C)C)cc1. The molecule has 1 aromatic heterocycles. The molecule has 2 aromatic carbocycles. The molecule has 0 bridgehead atoms. The number of amides is 1. The number of carbonyl (C=O) groups is 3. The highest BCUT2D eigenvalue weighted by atomic mass is 16.7. The number of benzene rings is 2. The van der Waals surface area contributed by atoms with Crippen LogP contribution < -0.4 is 4.74 Å². The van der Waals surface area contributed by atoms with Crippen LogP contribution in [0.5, 0.6) is 5.75 Å². The van der Waals surface area contributed by atoms with Gasteiger partial charge in [-0.3, -0.25) is 4.90 Å².